The summed E-state index contributed by atoms with van der Waals surface area (Å²) in [5.74, 6) is 0.310. The number of pyridine rings is 1. The molecule has 0 unspecified atom stereocenters. The fourth-order valence-corrected chi connectivity index (χ4v) is 5.01. The van der Waals surface area contributed by atoms with Crippen LogP contribution in [0.25, 0.3) is 17.1 Å². The highest BCUT2D eigenvalue weighted by molar-refractivity contribution is 6.01. The van der Waals surface area contributed by atoms with Crippen LogP contribution in [0.3, 0.4) is 0 Å². The van der Waals surface area contributed by atoms with Crippen molar-refractivity contribution in [2.24, 2.45) is 0 Å². The number of halogens is 3. The number of likely N-dealkylation sites (tertiary alicyclic amines) is 1. The van der Waals surface area contributed by atoms with Crippen LogP contribution in [0.4, 0.5) is 24.9 Å². The number of amides is 1. The fourth-order valence-electron chi connectivity index (χ4n) is 5.01. The summed E-state index contributed by atoms with van der Waals surface area (Å²) < 4.78 is 40.7. The maximum atomic E-state index is 12.4. The van der Waals surface area contributed by atoms with E-state index < -0.39 is 12.3 Å². The molecule has 2 fully saturated rings. The van der Waals surface area contributed by atoms with Crippen LogP contribution in [0.15, 0.2) is 42.5 Å². The Morgan fingerprint density at radius 1 is 1.00 bits per heavy atom. The van der Waals surface area contributed by atoms with Crippen molar-refractivity contribution >= 4 is 34.8 Å². The first-order valence-electron chi connectivity index (χ1n) is 12.7. The summed E-state index contributed by atoms with van der Waals surface area (Å²) >= 11 is 0. The quantitative estimate of drug-likeness (QED) is 0.455. The van der Waals surface area contributed by atoms with Gasteiger partial charge in [0.05, 0.1) is 11.2 Å². The second-order valence-corrected chi connectivity index (χ2v) is 9.57. The van der Waals surface area contributed by atoms with Gasteiger partial charge in [-0.15, -0.1) is 13.2 Å². The van der Waals surface area contributed by atoms with Crippen molar-refractivity contribution in [1.29, 1.82) is 0 Å². The lowest BCUT2D eigenvalue weighted by Crippen LogP contribution is -2.44. The van der Waals surface area contributed by atoms with Crippen LogP contribution in [0.5, 0.6) is 5.75 Å². The summed E-state index contributed by atoms with van der Waals surface area (Å²) in [4.78, 5) is 31.2. The number of ether oxygens (including phenoxy) is 1. The van der Waals surface area contributed by atoms with Gasteiger partial charge in [-0.2, -0.15) is 0 Å². The highest BCUT2D eigenvalue weighted by Gasteiger charge is 2.31. The Labute approximate surface area is 218 Å². The number of aromatic nitrogens is 3. The molecule has 38 heavy (non-hydrogen) atoms. The number of fused-ring (bicyclic) bond motifs is 1. The van der Waals surface area contributed by atoms with Gasteiger partial charge in [0.15, 0.2) is 0 Å². The first-order valence-corrected chi connectivity index (χ1v) is 12.7. The number of aryl methyl sites for hydroxylation is 1. The van der Waals surface area contributed by atoms with Gasteiger partial charge in [-0.1, -0.05) is 12.1 Å². The molecule has 3 aromatic rings. The number of rotatable bonds is 6. The molecular formula is C27H29F3N6O2. The number of carbonyl (C=O) groups is 1. The van der Waals surface area contributed by atoms with Crippen LogP contribution in [0.1, 0.15) is 36.9 Å². The van der Waals surface area contributed by atoms with Crippen LogP contribution in [0, 0.1) is 6.92 Å². The molecule has 11 heteroatoms. The van der Waals surface area contributed by atoms with Gasteiger partial charge in [0.2, 0.25) is 11.9 Å². The average molecular weight is 527 g/mol. The zero-order chi connectivity index (χ0) is 26.7. The van der Waals surface area contributed by atoms with Gasteiger partial charge >= 0.3 is 6.36 Å². The van der Waals surface area contributed by atoms with Crippen LogP contribution >= 0.6 is 0 Å². The number of nitrogens with zero attached hydrogens (tertiary/aromatic N) is 5. The molecule has 1 amide bonds. The maximum absolute atomic E-state index is 12.4. The van der Waals surface area contributed by atoms with E-state index in [1.165, 1.54) is 62.3 Å². The van der Waals surface area contributed by atoms with Crippen molar-refractivity contribution < 1.29 is 22.7 Å². The van der Waals surface area contributed by atoms with Crippen LogP contribution in [0.2, 0.25) is 0 Å². The number of nitrogens with one attached hydrogen (secondary N) is 1. The van der Waals surface area contributed by atoms with Crippen molar-refractivity contribution in [3.8, 4) is 5.75 Å². The van der Waals surface area contributed by atoms with Crippen molar-refractivity contribution in [3.05, 3.63) is 53.7 Å². The molecule has 0 saturated carbocycles. The predicted molar refractivity (Wildman–Crippen MR) is 139 cm³/mol. The molecule has 200 valence electrons. The number of anilines is 2. The van der Waals surface area contributed by atoms with Gasteiger partial charge in [0, 0.05) is 25.2 Å². The molecule has 4 heterocycles. The highest BCUT2D eigenvalue weighted by Crippen LogP contribution is 2.26. The second kappa shape index (κ2) is 10.9. The van der Waals surface area contributed by atoms with E-state index in [0.717, 1.165) is 31.6 Å². The molecule has 0 spiro atoms. The van der Waals surface area contributed by atoms with Crippen LogP contribution in [-0.4, -0.2) is 64.3 Å². The molecule has 2 saturated heterocycles. The van der Waals surface area contributed by atoms with Gasteiger partial charge in [0.25, 0.3) is 0 Å². The van der Waals surface area contributed by atoms with Crippen molar-refractivity contribution in [2.45, 2.75) is 45.0 Å². The van der Waals surface area contributed by atoms with E-state index in [1.807, 2.05) is 13.0 Å². The Kier molecular flexibility index (Phi) is 7.46. The summed E-state index contributed by atoms with van der Waals surface area (Å²) in [5.41, 5.74) is 2.61. The Hall–Kier alpha value is -3.73. The molecule has 0 radical (unpaired) electrons. The van der Waals surface area contributed by atoms with Crippen LogP contribution in [-0.2, 0) is 4.79 Å². The van der Waals surface area contributed by atoms with Gasteiger partial charge < -0.3 is 19.9 Å². The number of carbonyl (C=O) groups excluding carboxylic acids is 1. The Morgan fingerprint density at radius 3 is 2.39 bits per heavy atom. The topological polar surface area (TPSA) is 83.5 Å². The third-order valence-corrected chi connectivity index (χ3v) is 6.90. The predicted octanol–water partition coefficient (Wildman–Crippen LogP) is 4.95. The van der Waals surface area contributed by atoms with Gasteiger partial charge in [0.1, 0.15) is 17.1 Å². The molecule has 1 N–H and O–H groups in total. The minimum absolute atomic E-state index is 0.327. The largest absolute Gasteiger partial charge is 0.573 e. The standard InChI is InChI=1S/C27H29F3N6O2/c1-18-25-22(32-26(31-18)36-16-12-20(13-17-36)35-14-2-3-15-35)9-10-23(34-25)33-24(37)11-6-19-4-7-21(8-5-19)38-27(28,29)30/h4-11,20H,2-3,12-17H2,1H3,(H,33,34,37)/b11-6+. The van der Waals surface area contributed by atoms with E-state index in [2.05, 4.69) is 24.8 Å². The number of piperidine rings is 1. The minimum atomic E-state index is -4.75. The molecule has 0 aliphatic carbocycles. The van der Waals surface area contributed by atoms with Crippen molar-refractivity contribution in [1.82, 2.24) is 19.9 Å². The summed E-state index contributed by atoms with van der Waals surface area (Å²) in [7, 11) is 0. The van der Waals surface area contributed by atoms with E-state index >= 15 is 0 Å². The minimum Gasteiger partial charge on any atom is -0.406 e. The SMILES string of the molecule is Cc1nc(N2CCC(N3CCCC3)CC2)nc2ccc(NC(=O)/C=C/c3ccc(OC(F)(F)F)cc3)nc12. The lowest BCUT2D eigenvalue weighted by atomic mass is 10.0. The Bertz CT molecular complexity index is 1310. The lowest BCUT2D eigenvalue weighted by molar-refractivity contribution is -0.274. The second-order valence-electron chi connectivity index (χ2n) is 9.57. The van der Waals surface area contributed by atoms with E-state index in [4.69, 9.17) is 9.97 Å². The fraction of sp³-hybridized carbons (Fsp3) is 0.407. The summed E-state index contributed by atoms with van der Waals surface area (Å²) in [5, 5.41) is 2.70. The number of benzene rings is 1. The Morgan fingerprint density at radius 2 is 1.71 bits per heavy atom. The molecule has 0 atom stereocenters. The third kappa shape index (κ3) is 6.39. The van der Waals surface area contributed by atoms with E-state index in [9.17, 15) is 18.0 Å². The molecule has 0 bridgehead atoms. The van der Waals surface area contributed by atoms with Crippen molar-refractivity contribution in [3.63, 3.8) is 0 Å². The number of hydrogen-bond donors (Lipinski definition) is 1. The number of hydrogen-bond acceptors (Lipinski definition) is 7. The first-order chi connectivity index (χ1) is 18.2. The van der Waals surface area contributed by atoms with Crippen molar-refractivity contribution in [2.75, 3.05) is 36.4 Å². The van der Waals surface area contributed by atoms with Gasteiger partial charge in [-0.05, 0) is 81.6 Å². The Balaban J connectivity index is 1.20. The molecule has 5 rings (SSSR count). The maximum Gasteiger partial charge on any atom is 0.573 e. The summed E-state index contributed by atoms with van der Waals surface area (Å²) in [6, 6.07) is 9.37. The van der Waals surface area contributed by atoms with Gasteiger partial charge in [-0.3, -0.25) is 4.79 Å². The van der Waals surface area contributed by atoms with E-state index in [1.54, 1.807) is 6.07 Å². The van der Waals surface area contributed by atoms with E-state index in [-0.39, 0.29) is 5.75 Å². The van der Waals surface area contributed by atoms with Crippen LogP contribution < -0.4 is 15.0 Å². The average Bonchev–Trinajstić information content (AvgIpc) is 3.43. The zero-order valence-corrected chi connectivity index (χ0v) is 21.0. The molecule has 2 aliphatic rings. The molecule has 1 aromatic carbocycles. The van der Waals surface area contributed by atoms with Gasteiger partial charge in [-0.25, -0.2) is 15.0 Å². The molecule has 2 aromatic heterocycles. The molecule has 8 nitrogen and oxygen atoms in total. The monoisotopic (exact) mass is 526 g/mol. The third-order valence-electron chi connectivity index (χ3n) is 6.90. The van der Waals surface area contributed by atoms with E-state index in [0.29, 0.717) is 34.4 Å². The highest BCUT2D eigenvalue weighted by atomic mass is 19.4. The number of alkyl halides is 3. The smallest absolute Gasteiger partial charge is 0.406 e. The first kappa shape index (κ1) is 25.9. The lowest BCUT2D eigenvalue weighted by Gasteiger charge is -2.36. The zero-order valence-electron chi connectivity index (χ0n) is 21.0. The summed E-state index contributed by atoms with van der Waals surface area (Å²) in [6.07, 6.45) is 2.85. The molecule has 2 aliphatic heterocycles. The normalized spacial score (nSPS) is 17.4. The molecular weight excluding hydrogens is 497 g/mol. The summed E-state index contributed by atoms with van der Waals surface area (Å²) in [6.45, 7) is 6.17.